The van der Waals surface area contributed by atoms with Crippen molar-refractivity contribution >= 4 is 5.69 Å². The summed E-state index contributed by atoms with van der Waals surface area (Å²) in [4.78, 5) is 0. The fraction of sp³-hybridized carbons (Fsp3) is 0.333. The standard InChI is InChI=1S/C9H10F3NO2/c10-9(11,12)8(15)5-13-6-1-3-7(14)4-2-6/h1-4,8,13-15H,5H2. The van der Waals surface area contributed by atoms with Crippen LogP contribution in [0.2, 0.25) is 0 Å². The van der Waals surface area contributed by atoms with E-state index in [1.807, 2.05) is 0 Å². The summed E-state index contributed by atoms with van der Waals surface area (Å²) in [5, 5.41) is 20.0. The quantitative estimate of drug-likeness (QED) is 0.681. The van der Waals surface area contributed by atoms with Gasteiger partial charge in [-0.3, -0.25) is 0 Å². The number of alkyl halides is 3. The summed E-state index contributed by atoms with van der Waals surface area (Å²) in [5.41, 5.74) is 0.399. The van der Waals surface area contributed by atoms with Crippen LogP contribution < -0.4 is 5.32 Å². The van der Waals surface area contributed by atoms with Crippen LogP contribution in [0.4, 0.5) is 18.9 Å². The molecule has 0 aliphatic heterocycles. The Balaban J connectivity index is 2.47. The number of halogens is 3. The van der Waals surface area contributed by atoms with E-state index in [0.717, 1.165) is 0 Å². The number of benzene rings is 1. The Morgan fingerprint density at radius 2 is 1.73 bits per heavy atom. The molecular weight excluding hydrogens is 211 g/mol. The number of aliphatic hydroxyl groups is 1. The maximum Gasteiger partial charge on any atom is 0.416 e. The molecule has 0 aliphatic carbocycles. The molecule has 3 nitrogen and oxygen atoms in total. The van der Waals surface area contributed by atoms with E-state index in [9.17, 15) is 13.2 Å². The highest BCUT2D eigenvalue weighted by Gasteiger charge is 2.37. The lowest BCUT2D eigenvalue weighted by Gasteiger charge is -2.15. The number of nitrogens with one attached hydrogen (secondary N) is 1. The van der Waals surface area contributed by atoms with Gasteiger partial charge in [0, 0.05) is 12.2 Å². The summed E-state index contributed by atoms with van der Waals surface area (Å²) in [5.74, 6) is 0.0249. The van der Waals surface area contributed by atoms with E-state index in [1.54, 1.807) is 0 Å². The number of phenolic OH excluding ortho intramolecular Hbond substituents is 1. The average Bonchev–Trinajstić information content (AvgIpc) is 2.15. The average molecular weight is 221 g/mol. The van der Waals surface area contributed by atoms with Gasteiger partial charge < -0.3 is 15.5 Å². The Bertz CT molecular complexity index is 310. The zero-order chi connectivity index (χ0) is 11.5. The number of phenols is 1. The largest absolute Gasteiger partial charge is 0.508 e. The second kappa shape index (κ2) is 4.39. The molecule has 1 atom stereocenters. The normalized spacial score (nSPS) is 13.6. The smallest absolute Gasteiger partial charge is 0.416 e. The summed E-state index contributed by atoms with van der Waals surface area (Å²) in [6.07, 6.45) is -7.02. The number of anilines is 1. The Morgan fingerprint density at radius 3 is 2.20 bits per heavy atom. The van der Waals surface area contributed by atoms with Crippen molar-refractivity contribution in [3.8, 4) is 5.75 Å². The molecule has 6 heteroatoms. The number of aromatic hydroxyl groups is 1. The molecule has 0 bridgehead atoms. The molecule has 15 heavy (non-hydrogen) atoms. The van der Waals surface area contributed by atoms with E-state index < -0.39 is 18.8 Å². The van der Waals surface area contributed by atoms with E-state index in [1.165, 1.54) is 24.3 Å². The molecule has 3 N–H and O–H groups in total. The van der Waals surface area contributed by atoms with Crippen molar-refractivity contribution in [2.75, 3.05) is 11.9 Å². The van der Waals surface area contributed by atoms with Crippen molar-refractivity contribution in [3.63, 3.8) is 0 Å². The molecule has 0 heterocycles. The van der Waals surface area contributed by atoms with Crippen LogP contribution in [0.25, 0.3) is 0 Å². The third kappa shape index (κ3) is 3.67. The monoisotopic (exact) mass is 221 g/mol. The minimum absolute atomic E-state index is 0.0249. The van der Waals surface area contributed by atoms with Crippen LogP contribution in [0.1, 0.15) is 0 Å². The van der Waals surface area contributed by atoms with E-state index in [-0.39, 0.29) is 5.75 Å². The summed E-state index contributed by atoms with van der Waals surface area (Å²) in [6.45, 7) is -0.617. The molecule has 1 aromatic carbocycles. The van der Waals surface area contributed by atoms with Crippen molar-refractivity contribution in [2.45, 2.75) is 12.3 Å². The van der Waals surface area contributed by atoms with Gasteiger partial charge in [-0.25, -0.2) is 0 Å². The lowest BCUT2D eigenvalue weighted by atomic mass is 10.3. The molecule has 0 saturated heterocycles. The SMILES string of the molecule is Oc1ccc(NCC(O)C(F)(F)F)cc1. The molecule has 0 aliphatic rings. The minimum atomic E-state index is -4.62. The van der Waals surface area contributed by atoms with Crippen LogP contribution in [-0.4, -0.2) is 29.0 Å². The van der Waals surface area contributed by atoms with Crippen LogP contribution in [0.5, 0.6) is 5.75 Å². The van der Waals surface area contributed by atoms with Crippen LogP contribution in [-0.2, 0) is 0 Å². The molecule has 1 aromatic rings. The Morgan fingerprint density at radius 1 is 1.20 bits per heavy atom. The fourth-order valence-corrected chi connectivity index (χ4v) is 0.910. The van der Waals surface area contributed by atoms with Gasteiger partial charge in [-0.05, 0) is 24.3 Å². The first-order valence-corrected chi connectivity index (χ1v) is 4.17. The van der Waals surface area contributed by atoms with Crippen LogP contribution in [0.3, 0.4) is 0 Å². The van der Waals surface area contributed by atoms with Crippen molar-refractivity contribution in [1.29, 1.82) is 0 Å². The molecule has 1 rings (SSSR count). The molecule has 0 amide bonds. The molecule has 0 spiro atoms. The summed E-state index contributed by atoms with van der Waals surface area (Å²) >= 11 is 0. The number of aliphatic hydroxyl groups excluding tert-OH is 1. The topological polar surface area (TPSA) is 52.5 Å². The predicted octanol–water partition coefficient (Wildman–Crippen LogP) is 1.73. The van der Waals surface area contributed by atoms with E-state index in [2.05, 4.69) is 5.32 Å². The molecule has 0 radical (unpaired) electrons. The zero-order valence-corrected chi connectivity index (χ0v) is 7.62. The zero-order valence-electron chi connectivity index (χ0n) is 7.62. The van der Waals surface area contributed by atoms with Gasteiger partial charge in [-0.2, -0.15) is 13.2 Å². The van der Waals surface area contributed by atoms with Gasteiger partial charge in [0.15, 0.2) is 6.10 Å². The van der Waals surface area contributed by atoms with Crippen LogP contribution in [0.15, 0.2) is 24.3 Å². The second-order valence-electron chi connectivity index (χ2n) is 2.99. The highest BCUT2D eigenvalue weighted by molar-refractivity contribution is 5.45. The van der Waals surface area contributed by atoms with E-state index in [4.69, 9.17) is 10.2 Å². The predicted molar refractivity (Wildman–Crippen MR) is 48.7 cm³/mol. The van der Waals surface area contributed by atoms with Crippen molar-refractivity contribution < 1.29 is 23.4 Å². The van der Waals surface area contributed by atoms with Gasteiger partial charge in [0.05, 0.1) is 0 Å². The van der Waals surface area contributed by atoms with Crippen molar-refractivity contribution in [3.05, 3.63) is 24.3 Å². The summed E-state index contributed by atoms with van der Waals surface area (Å²) < 4.78 is 35.7. The lowest BCUT2D eigenvalue weighted by molar-refractivity contribution is -0.198. The van der Waals surface area contributed by atoms with Crippen LogP contribution in [0, 0.1) is 0 Å². The number of hydrogen-bond donors (Lipinski definition) is 3. The maximum absolute atomic E-state index is 11.9. The fourth-order valence-electron chi connectivity index (χ4n) is 0.910. The molecule has 84 valence electrons. The minimum Gasteiger partial charge on any atom is -0.508 e. The van der Waals surface area contributed by atoms with Crippen LogP contribution >= 0.6 is 0 Å². The Kier molecular flexibility index (Phi) is 3.41. The second-order valence-corrected chi connectivity index (χ2v) is 2.99. The molecular formula is C9H10F3NO2. The summed E-state index contributed by atoms with van der Waals surface area (Å²) in [6, 6.07) is 5.50. The highest BCUT2D eigenvalue weighted by Crippen LogP contribution is 2.21. The van der Waals surface area contributed by atoms with Crippen molar-refractivity contribution in [1.82, 2.24) is 0 Å². The van der Waals surface area contributed by atoms with E-state index in [0.29, 0.717) is 5.69 Å². The number of hydrogen-bond acceptors (Lipinski definition) is 3. The first-order chi connectivity index (χ1) is 6.89. The maximum atomic E-state index is 11.9. The highest BCUT2D eigenvalue weighted by atomic mass is 19.4. The van der Waals surface area contributed by atoms with E-state index >= 15 is 0 Å². The molecule has 1 unspecified atom stereocenters. The van der Waals surface area contributed by atoms with Gasteiger partial charge in [0.25, 0.3) is 0 Å². The van der Waals surface area contributed by atoms with Gasteiger partial charge in [0.2, 0.25) is 0 Å². The number of rotatable bonds is 3. The third-order valence-electron chi connectivity index (χ3n) is 1.74. The first kappa shape index (κ1) is 11.6. The third-order valence-corrected chi connectivity index (χ3v) is 1.74. The molecule has 0 aromatic heterocycles. The Hall–Kier alpha value is -1.43. The first-order valence-electron chi connectivity index (χ1n) is 4.17. The van der Waals surface area contributed by atoms with Gasteiger partial charge in [0.1, 0.15) is 5.75 Å². The molecule has 0 fully saturated rings. The molecule has 0 saturated carbocycles. The lowest BCUT2D eigenvalue weighted by Crippen LogP contribution is -2.34. The van der Waals surface area contributed by atoms with Crippen molar-refractivity contribution in [2.24, 2.45) is 0 Å². The van der Waals surface area contributed by atoms with Gasteiger partial charge in [-0.1, -0.05) is 0 Å². The Labute approximate surface area is 84.2 Å². The van der Waals surface area contributed by atoms with Gasteiger partial charge >= 0.3 is 6.18 Å². The summed E-state index contributed by atoms with van der Waals surface area (Å²) in [7, 11) is 0. The van der Waals surface area contributed by atoms with Gasteiger partial charge in [-0.15, -0.1) is 0 Å².